The van der Waals surface area contributed by atoms with Gasteiger partial charge in [-0.1, -0.05) is 127 Å². The lowest BCUT2D eigenvalue weighted by atomic mass is 10.0. The van der Waals surface area contributed by atoms with E-state index in [1.165, 1.54) is 101 Å². The van der Waals surface area contributed by atoms with Crippen LogP contribution >= 0.6 is 0 Å². The summed E-state index contributed by atoms with van der Waals surface area (Å²) in [7, 11) is 0. The van der Waals surface area contributed by atoms with Crippen molar-refractivity contribution >= 4 is 16.9 Å². The minimum Gasteiger partial charge on any atom is -0.352 e. The van der Waals surface area contributed by atoms with E-state index in [1.807, 2.05) is 31.2 Å². The minimum absolute atomic E-state index is 0.0265. The number of benzene rings is 2. The number of carbonyl (C=O) groups is 1. The van der Waals surface area contributed by atoms with Crippen molar-refractivity contribution in [2.75, 3.05) is 6.54 Å². The molecule has 40 heavy (non-hydrogen) atoms. The molecule has 0 unspecified atom stereocenters. The number of nitrogens with one attached hydrogen (secondary N) is 1. The topological polar surface area (TPSA) is 46.9 Å². The normalized spacial score (nSPS) is 11.3. The number of carbonyl (C=O) groups excluding carboxylic acids is 1. The van der Waals surface area contributed by atoms with Crippen LogP contribution in [0.25, 0.3) is 11.0 Å². The van der Waals surface area contributed by atoms with E-state index in [-0.39, 0.29) is 5.91 Å². The van der Waals surface area contributed by atoms with Crippen molar-refractivity contribution in [1.82, 2.24) is 14.9 Å². The molecule has 0 saturated heterocycles. The second kappa shape index (κ2) is 19.5. The van der Waals surface area contributed by atoms with Crippen LogP contribution in [-0.2, 0) is 13.0 Å². The predicted molar refractivity (Wildman–Crippen MR) is 171 cm³/mol. The maximum atomic E-state index is 12.3. The molecule has 0 spiro atoms. The highest BCUT2D eigenvalue weighted by molar-refractivity contribution is 5.94. The summed E-state index contributed by atoms with van der Waals surface area (Å²) < 4.78 is 2.47. The van der Waals surface area contributed by atoms with E-state index in [9.17, 15) is 4.79 Å². The fourth-order valence-corrected chi connectivity index (χ4v) is 5.71. The van der Waals surface area contributed by atoms with Gasteiger partial charge < -0.3 is 9.88 Å². The Morgan fingerprint density at radius 1 is 0.725 bits per heavy atom. The molecule has 0 aliphatic rings. The van der Waals surface area contributed by atoms with Gasteiger partial charge in [0.1, 0.15) is 5.82 Å². The highest BCUT2D eigenvalue weighted by atomic mass is 16.1. The predicted octanol–water partition coefficient (Wildman–Crippen LogP) is 9.97. The molecule has 0 saturated carbocycles. The SMILES string of the molecule is CCCCCCCCCCCCCCCCn1c(CCCCCNC(=O)c2cccc(C)c2)nc2ccccc21. The standard InChI is InChI=1S/C36H55N3O/c1-3-4-5-6-7-8-9-10-11-12-13-14-15-21-29-39-34-26-19-18-25-33(34)38-35(39)27-17-16-20-28-37-36(40)32-24-22-23-31(2)30-32/h18-19,22-26,30H,3-17,20-21,27-29H2,1-2H3,(H,37,40). The van der Waals surface area contributed by atoms with Gasteiger partial charge >= 0.3 is 0 Å². The molecular formula is C36H55N3O. The zero-order chi connectivity index (χ0) is 28.3. The molecular weight excluding hydrogens is 490 g/mol. The van der Waals surface area contributed by atoms with Gasteiger partial charge in [-0.2, -0.15) is 0 Å². The van der Waals surface area contributed by atoms with Crippen molar-refractivity contribution in [3.63, 3.8) is 0 Å². The Hall–Kier alpha value is -2.62. The second-order valence-corrected chi connectivity index (χ2v) is 11.7. The first-order valence-electron chi connectivity index (χ1n) is 16.5. The Morgan fingerprint density at radius 2 is 1.35 bits per heavy atom. The van der Waals surface area contributed by atoms with Crippen LogP contribution in [0.15, 0.2) is 48.5 Å². The lowest BCUT2D eigenvalue weighted by molar-refractivity contribution is 0.0953. The Balaban J connectivity index is 1.28. The number of nitrogens with zero attached hydrogens (tertiary/aromatic N) is 2. The first-order valence-corrected chi connectivity index (χ1v) is 16.5. The number of para-hydroxylation sites is 2. The summed E-state index contributed by atoms with van der Waals surface area (Å²) >= 11 is 0. The van der Waals surface area contributed by atoms with Crippen LogP contribution in [0, 0.1) is 6.92 Å². The Kier molecular flexibility index (Phi) is 15.5. The van der Waals surface area contributed by atoms with Crippen LogP contribution in [-0.4, -0.2) is 22.0 Å². The molecule has 2 aromatic carbocycles. The van der Waals surface area contributed by atoms with Gasteiger partial charge in [0, 0.05) is 25.1 Å². The van der Waals surface area contributed by atoms with Gasteiger partial charge in [-0.3, -0.25) is 4.79 Å². The number of hydrogen-bond acceptors (Lipinski definition) is 2. The summed E-state index contributed by atoms with van der Waals surface area (Å²) in [5, 5.41) is 3.07. The fraction of sp³-hybridized carbons (Fsp3) is 0.611. The summed E-state index contributed by atoms with van der Waals surface area (Å²) in [6, 6.07) is 16.4. The number of hydrogen-bond donors (Lipinski definition) is 1. The van der Waals surface area contributed by atoms with E-state index in [0.717, 1.165) is 55.4 Å². The van der Waals surface area contributed by atoms with Crippen molar-refractivity contribution < 1.29 is 4.79 Å². The summed E-state index contributed by atoms with van der Waals surface area (Å²) in [5.74, 6) is 1.25. The maximum absolute atomic E-state index is 12.3. The molecule has 220 valence electrons. The number of imidazole rings is 1. The smallest absolute Gasteiger partial charge is 0.251 e. The van der Waals surface area contributed by atoms with Gasteiger partial charge in [-0.05, 0) is 50.5 Å². The zero-order valence-electron chi connectivity index (χ0n) is 25.6. The van der Waals surface area contributed by atoms with Crippen LogP contribution in [0.5, 0.6) is 0 Å². The molecule has 1 amide bonds. The van der Waals surface area contributed by atoms with Crippen molar-refractivity contribution in [3.05, 3.63) is 65.5 Å². The van der Waals surface area contributed by atoms with E-state index < -0.39 is 0 Å². The van der Waals surface area contributed by atoms with Gasteiger partial charge in [-0.15, -0.1) is 0 Å². The Labute approximate surface area is 244 Å². The number of fused-ring (bicyclic) bond motifs is 1. The van der Waals surface area contributed by atoms with E-state index in [0.29, 0.717) is 0 Å². The Bertz CT molecular complexity index is 1100. The first kappa shape index (κ1) is 31.9. The number of rotatable bonds is 22. The summed E-state index contributed by atoms with van der Waals surface area (Å²) in [5.41, 5.74) is 4.26. The first-order chi connectivity index (χ1) is 19.7. The van der Waals surface area contributed by atoms with E-state index >= 15 is 0 Å². The van der Waals surface area contributed by atoms with E-state index in [1.54, 1.807) is 0 Å². The number of aromatic nitrogens is 2. The van der Waals surface area contributed by atoms with Gasteiger partial charge in [0.05, 0.1) is 11.0 Å². The quantitative estimate of drug-likeness (QED) is 0.128. The average molecular weight is 546 g/mol. The molecule has 3 rings (SSSR count). The van der Waals surface area contributed by atoms with Gasteiger partial charge in [0.15, 0.2) is 0 Å². The maximum Gasteiger partial charge on any atom is 0.251 e. The van der Waals surface area contributed by atoms with Gasteiger partial charge in [-0.25, -0.2) is 4.98 Å². The molecule has 0 bridgehead atoms. The zero-order valence-corrected chi connectivity index (χ0v) is 25.6. The third kappa shape index (κ3) is 11.9. The van der Waals surface area contributed by atoms with Crippen LogP contribution < -0.4 is 5.32 Å². The fourth-order valence-electron chi connectivity index (χ4n) is 5.71. The lowest BCUT2D eigenvalue weighted by Crippen LogP contribution is -2.24. The molecule has 4 heteroatoms. The van der Waals surface area contributed by atoms with Crippen LogP contribution in [0.2, 0.25) is 0 Å². The molecule has 1 N–H and O–H groups in total. The largest absolute Gasteiger partial charge is 0.352 e. The number of unbranched alkanes of at least 4 members (excludes halogenated alkanes) is 15. The average Bonchev–Trinajstić information content (AvgIpc) is 3.32. The molecule has 1 aromatic heterocycles. The van der Waals surface area contributed by atoms with E-state index in [4.69, 9.17) is 4.98 Å². The Morgan fingerprint density at radius 3 is 2.02 bits per heavy atom. The monoisotopic (exact) mass is 545 g/mol. The molecule has 4 nitrogen and oxygen atoms in total. The number of aryl methyl sites for hydroxylation is 3. The molecule has 1 heterocycles. The second-order valence-electron chi connectivity index (χ2n) is 11.7. The third-order valence-electron chi connectivity index (χ3n) is 8.11. The highest BCUT2D eigenvalue weighted by Gasteiger charge is 2.10. The van der Waals surface area contributed by atoms with Crippen molar-refractivity contribution in [2.45, 2.75) is 136 Å². The van der Waals surface area contributed by atoms with Crippen LogP contribution in [0.4, 0.5) is 0 Å². The molecule has 3 aromatic rings. The summed E-state index contributed by atoms with van der Waals surface area (Å²) in [4.78, 5) is 17.3. The minimum atomic E-state index is 0.0265. The lowest BCUT2D eigenvalue weighted by Gasteiger charge is -2.10. The molecule has 0 radical (unpaired) electrons. The molecule has 0 aliphatic carbocycles. The van der Waals surface area contributed by atoms with E-state index in [2.05, 4.69) is 41.1 Å². The van der Waals surface area contributed by atoms with Crippen molar-refractivity contribution in [2.24, 2.45) is 0 Å². The molecule has 0 fully saturated rings. The molecule has 0 aliphatic heterocycles. The molecule has 0 atom stereocenters. The van der Waals surface area contributed by atoms with Gasteiger partial charge in [0.25, 0.3) is 5.91 Å². The highest BCUT2D eigenvalue weighted by Crippen LogP contribution is 2.20. The summed E-state index contributed by atoms with van der Waals surface area (Å²) in [6.45, 7) is 6.10. The van der Waals surface area contributed by atoms with Crippen LogP contribution in [0.1, 0.15) is 138 Å². The number of amides is 1. The van der Waals surface area contributed by atoms with Gasteiger partial charge in [0.2, 0.25) is 0 Å². The van der Waals surface area contributed by atoms with Crippen molar-refractivity contribution in [1.29, 1.82) is 0 Å². The summed E-state index contributed by atoms with van der Waals surface area (Å²) in [6.07, 6.45) is 23.7. The third-order valence-corrected chi connectivity index (χ3v) is 8.11. The van der Waals surface area contributed by atoms with Crippen LogP contribution in [0.3, 0.4) is 0 Å². The van der Waals surface area contributed by atoms with Crippen molar-refractivity contribution in [3.8, 4) is 0 Å².